The Morgan fingerprint density at radius 2 is 1.81 bits per heavy atom. The minimum absolute atomic E-state index is 0.776. The lowest BCUT2D eigenvalue weighted by atomic mass is 10.1. The van der Waals surface area contributed by atoms with E-state index in [-0.39, 0.29) is 0 Å². The van der Waals surface area contributed by atoms with Gasteiger partial charge in [-0.15, -0.1) is 5.10 Å². The molecule has 1 aromatic heterocycles. The van der Waals surface area contributed by atoms with Gasteiger partial charge in [-0.05, 0) is 31.0 Å². The molecule has 0 amide bonds. The van der Waals surface area contributed by atoms with Gasteiger partial charge in [0.15, 0.2) is 0 Å². The van der Waals surface area contributed by atoms with Gasteiger partial charge in [0.1, 0.15) is 5.82 Å². The van der Waals surface area contributed by atoms with Crippen molar-refractivity contribution in [2.75, 3.05) is 5.32 Å². The third-order valence-corrected chi connectivity index (χ3v) is 2.39. The highest BCUT2D eigenvalue weighted by Crippen LogP contribution is 2.07. The van der Waals surface area contributed by atoms with Gasteiger partial charge in [0.2, 0.25) is 0 Å². The first kappa shape index (κ1) is 10.6. The summed E-state index contributed by atoms with van der Waals surface area (Å²) in [5.74, 6) is 0.820. The third-order valence-electron chi connectivity index (χ3n) is 2.39. The first-order valence-corrected chi connectivity index (χ1v) is 5.33. The fourth-order valence-corrected chi connectivity index (χ4v) is 1.45. The minimum atomic E-state index is 0.776. The van der Waals surface area contributed by atoms with E-state index in [1.807, 2.05) is 13.0 Å². The van der Waals surface area contributed by atoms with Crippen molar-refractivity contribution in [1.82, 2.24) is 10.2 Å². The van der Waals surface area contributed by atoms with Crippen LogP contribution in [-0.4, -0.2) is 10.2 Å². The van der Waals surface area contributed by atoms with Crippen molar-refractivity contribution in [2.24, 2.45) is 0 Å². The van der Waals surface area contributed by atoms with Gasteiger partial charge in [-0.3, -0.25) is 0 Å². The number of benzene rings is 1. The van der Waals surface area contributed by atoms with Crippen molar-refractivity contribution in [2.45, 2.75) is 20.4 Å². The highest BCUT2D eigenvalue weighted by molar-refractivity contribution is 5.36. The fourth-order valence-electron chi connectivity index (χ4n) is 1.45. The fraction of sp³-hybridized carbons (Fsp3) is 0.231. The van der Waals surface area contributed by atoms with Crippen LogP contribution in [0.4, 0.5) is 5.82 Å². The van der Waals surface area contributed by atoms with Gasteiger partial charge < -0.3 is 5.32 Å². The molecule has 16 heavy (non-hydrogen) atoms. The van der Waals surface area contributed by atoms with Crippen LogP contribution in [-0.2, 0) is 6.54 Å². The van der Waals surface area contributed by atoms with Crippen molar-refractivity contribution < 1.29 is 0 Å². The third kappa shape index (κ3) is 2.79. The van der Waals surface area contributed by atoms with Crippen LogP contribution < -0.4 is 5.32 Å². The molecule has 2 aromatic rings. The normalized spacial score (nSPS) is 10.1. The summed E-state index contributed by atoms with van der Waals surface area (Å²) in [6, 6.07) is 10.4. The Kier molecular flexibility index (Phi) is 3.15. The second kappa shape index (κ2) is 4.75. The zero-order valence-corrected chi connectivity index (χ0v) is 9.57. The van der Waals surface area contributed by atoms with Crippen molar-refractivity contribution >= 4 is 5.82 Å². The Labute approximate surface area is 95.5 Å². The molecular weight excluding hydrogens is 198 g/mol. The monoisotopic (exact) mass is 213 g/mol. The topological polar surface area (TPSA) is 37.8 Å². The molecule has 0 unspecified atom stereocenters. The molecule has 1 heterocycles. The summed E-state index contributed by atoms with van der Waals surface area (Å²) in [5.41, 5.74) is 3.63. The molecule has 0 fully saturated rings. The second-order valence-electron chi connectivity index (χ2n) is 3.96. The molecule has 2 rings (SSSR count). The molecule has 82 valence electrons. The summed E-state index contributed by atoms with van der Waals surface area (Å²) >= 11 is 0. The standard InChI is InChI=1S/C13H15N3/c1-10-3-5-12(6-4-10)9-14-13-7-11(2)8-15-16-13/h3-8H,9H2,1-2H3,(H,14,16). The van der Waals surface area contributed by atoms with Crippen LogP contribution in [0.15, 0.2) is 36.5 Å². The molecule has 0 spiro atoms. The summed E-state index contributed by atoms with van der Waals surface area (Å²) < 4.78 is 0. The summed E-state index contributed by atoms with van der Waals surface area (Å²) in [4.78, 5) is 0. The zero-order chi connectivity index (χ0) is 11.4. The first-order valence-electron chi connectivity index (χ1n) is 5.33. The highest BCUT2D eigenvalue weighted by Gasteiger charge is 1.96. The van der Waals surface area contributed by atoms with Gasteiger partial charge in [0, 0.05) is 6.54 Å². The van der Waals surface area contributed by atoms with Gasteiger partial charge in [0.25, 0.3) is 0 Å². The van der Waals surface area contributed by atoms with Crippen LogP contribution in [0.3, 0.4) is 0 Å². The van der Waals surface area contributed by atoms with Crippen LogP contribution in [0.5, 0.6) is 0 Å². The van der Waals surface area contributed by atoms with E-state index in [0.29, 0.717) is 0 Å². The largest absolute Gasteiger partial charge is 0.364 e. The summed E-state index contributed by atoms with van der Waals surface area (Å²) in [6.45, 7) is 4.87. The summed E-state index contributed by atoms with van der Waals surface area (Å²) in [6.07, 6.45) is 1.75. The molecule has 0 aliphatic heterocycles. The zero-order valence-electron chi connectivity index (χ0n) is 9.57. The minimum Gasteiger partial charge on any atom is -0.364 e. The Morgan fingerprint density at radius 1 is 1.06 bits per heavy atom. The van der Waals surface area contributed by atoms with Gasteiger partial charge in [-0.1, -0.05) is 29.8 Å². The molecular formula is C13H15N3. The van der Waals surface area contributed by atoms with E-state index in [1.54, 1.807) is 6.20 Å². The maximum Gasteiger partial charge on any atom is 0.149 e. The van der Waals surface area contributed by atoms with Crippen LogP contribution in [0.1, 0.15) is 16.7 Å². The van der Waals surface area contributed by atoms with Gasteiger partial charge in [-0.25, -0.2) is 0 Å². The number of aromatic nitrogens is 2. The number of nitrogens with one attached hydrogen (secondary N) is 1. The van der Waals surface area contributed by atoms with E-state index in [1.165, 1.54) is 11.1 Å². The maximum absolute atomic E-state index is 4.01. The van der Waals surface area contributed by atoms with Gasteiger partial charge in [0.05, 0.1) is 6.20 Å². The smallest absolute Gasteiger partial charge is 0.149 e. The molecule has 0 saturated heterocycles. The van der Waals surface area contributed by atoms with Gasteiger partial charge in [-0.2, -0.15) is 5.10 Å². The maximum atomic E-state index is 4.01. The first-order chi connectivity index (χ1) is 7.74. The molecule has 1 N–H and O–H groups in total. The van der Waals surface area contributed by atoms with E-state index in [4.69, 9.17) is 0 Å². The molecule has 0 saturated carbocycles. The summed E-state index contributed by atoms with van der Waals surface area (Å²) in [7, 11) is 0. The molecule has 1 aromatic carbocycles. The number of nitrogens with zero attached hydrogens (tertiary/aromatic N) is 2. The number of aryl methyl sites for hydroxylation is 2. The predicted molar refractivity (Wildman–Crippen MR) is 65.3 cm³/mol. The van der Waals surface area contributed by atoms with Crippen molar-refractivity contribution in [1.29, 1.82) is 0 Å². The van der Waals surface area contributed by atoms with Crippen molar-refractivity contribution in [3.05, 3.63) is 53.2 Å². The number of hydrogen-bond donors (Lipinski definition) is 1. The van der Waals surface area contributed by atoms with Crippen molar-refractivity contribution in [3.63, 3.8) is 0 Å². The average molecular weight is 213 g/mol. The predicted octanol–water partition coefficient (Wildman–Crippen LogP) is 2.71. The lowest BCUT2D eigenvalue weighted by Gasteiger charge is -2.05. The van der Waals surface area contributed by atoms with E-state index in [2.05, 4.69) is 46.7 Å². The SMILES string of the molecule is Cc1ccc(CNc2cc(C)cnn2)cc1. The van der Waals surface area contributed by atoms with Gasteiger partial charge >= 0.3 is 0 Å². The Morgan fingerprint density at radius 3 is 2.50 bits per heavy atom. The van der Waals surface area contributed by atoms with Crippen LogP contribution in [0.25, 0.3) is 0 Å². The molecule has 0 aliphatic carbocycles. The molecule has 0 bridgehead atoms. The molecule has 0 aliphatic rings. The highest BCUT2D eigenvalue weighted by atomic mass is 15.2. The van der Waals surface area contributed by atoms with Crippen LogP contribution in [0.2, 0.25) is 0 Å². The quantitative estimate of drug-likeness (QED) is 0.851. The van der Waals surface area contributed by atoms with Crippen LogP contribution in [0, 0.1) is 13.8 Å². The Balaban J connectivity index is 1.99. The van der Waals surface area contributed by atoms with E-state index < -0.39 is 0 Å². The average Bonchev–Trinajstić information content (AvgIpc) is 2.28. The number of anilines is 1. The lowest BCUT2D eigenvalue weighted by molar-refractivity contribution is 0.988. The lowest BCUT2D eigenvalue weighted by Crippen LogP contribution is -2.02. The molecule has 0 atom stereocenters. The Hall–Kier alpha value is -1.90. The van der Waals surface area contributed by atoms with Crippen molar-refractivity contribution in [3.8, 4) is 0 Å². The Bertz CT molecular complexity index is 463. The second-order valence-corrected chi connectivity index (χ2v) is 3.96. The molecule has 3 heteroatoms. The van der Waals surface area contributed by atoms with E-state index >= 15 is 0 Å². The molecule has 0 radical (unpaired) electrons. The van der Waals surface area contributed by atoms with Crippen LogP contribution >= 0.6 is 0 Å². The summed E-state index contributed by atoms with van der Waals surface area (Å²) in [5, 5.41) is 11.2. The number of hydrogen-bond acceptors (Lipinski definition) is 3. The molecule has 3 nitrogen and oxygen atoms in total. The van der Waals surface area contributed by atoms with E-state index in [0.717, 1.165) is 17.9 Å². The number of rotatable bonds is 3. The van der Waals surface area contributed by atoms with E-state index in [9.17, 15) is 0 Å².